The Morgan fingerprint density at radius 2 is 2.00 bits per heavy atom. The van der Waals surface area contributed by atoms with Crippen LogP contribution in [0.1, 0.15) is 6.92 Å². The molecule has 2 rings (SSSR count). The van der Waals surface area contributed by atoms with Crippen LogP contribution in [0.25, 0.3) is 0 Å². The lowest BCUT2D eigenvalue weighted by Gasteiger charge is -2.13. The van der Waals surface area contributed by atoms with Crippen molar-refractivity contribution in [2.24, 2.45) is 0 Å². The lowest BCUT2D eigenvalue weighted by molar-refractivity contribution is 0.331. The number of halogens is 1. The van der Waals surface area contributed by atoms with E-state index >= 15 is 0 Å². The summed E-state index contributed by atoms with van der Waals surface area (Å²) in [5.74, 6) is -0.344. The highest BCUT2D eigenvalue weighted by atomic mass is 32.2. The van der Waals surface area contributed by atoms with Gasteiger partial charge >= 0.3 is 0 Å². The summed E-state index contributed by atoms with van der Waals surface area (Å²) >= 11 is 0. The molecule has 3 N–H and O–H groups in total. The highest BCUT2D eigenvalue weighted by molar-refractivity contribution is 7.92. The second-order valence-electron chi connectivity index (χ2n) is 4.26. The summed E-state index contributed by atoms with van der Waals surface area (Å²) in [6.45, 7) is 2.05. The maximum atomic E-state index is 13.1. The Balaban J connectivity index is 2.41. The second kappa shape index (κ2) is 6.01. The smallest absolute Gasteiger partial charge is 0.265 e. The minimum absolute atomic E-state index is 0.0892. The van der Waals surface area contributed by atoms with Gasteiger partial charge in [-0.25, -0.2) is 12.8 Å². The van der Waals surface area contributed by atoms with Crippen LogP contribution in [-0.2, 0) is 10.0 Å². The SMILES string of the molecule is CCOc1ccc(N)cc1S(=O)(=O)Nc1cccc(F)c1. The fourth-order valence-corrected chi connectivity index (χ4v) is 3.00. The van der Waals surface area contributed by atoms with Crippen molar-refractivity contribution in [1.29, 1.82) is 0 Å². The summed E-state index contributed by atoms with van der Waals surface area (Å²) in [6, 6.07) is 9.51. The van der Waals surface area contributed by atoms with E-state index in [9.17, 15) is 12.8 Å². The lowest BCUT2D eigenvalue weighted by atomic mass is 10.3. The molecule has 0 amide bonds. The van der Waals surface area contributed by atoms with Gasteiger partial charge in [0.2, 0.25) is 0 Å². The molecule has 0 atom stereocenters. The average molecular weight is 310 g/mol. The van der Waals surface area contributed by atoms with Gasteiger partial charge in [0, 0.05) is 5.69 Å². The van der Waals surface area contributed by atoms with Crippen molar-refractivity contribution >= 4 is 21.4 Å². The normalized spacial score (nSPS) is 11.1. The van der Waals surface area contributed by atoms with Gasteiger partial charge in [-0.05, 0) is 43.3 Å². The topological polar surface area (TPSA) is 81.4 Å². The Bertz CT molecular complexity index is 748. The number of nitrogens with one attached hydrogen (secondary N) is 1. The van der Waals surface area contributed by atoms with Crippen LogP contribution in [-0.4, -0.2) is 15.0 Å². The highest BCUT2D eigenvalue weighted by Crippen LogP contribution is 2.28. The molecule has 0 aliphatic rings. The molecular formula is C14H15FN2O3S. The molecule has 7 heteroatoms. The zero-order chi connectivity index (χ0) is 15.5. The number of nitrogens with two attached hydrogens (primary N) is 1. The van der Waals surface area contributed by atoms with Crippen LogP contribution in [0.15, 0.2) is 47.4 Å². The quantitative estimate of drug-likeness (QED) is 0.832. The summed E-state index contributed by atoms with van der Waals surface area (Å²) in [5, 5.41) is 0. The molecule has 0 radical (unpaired) electrons. The number of hydrogen-bond donors (Lipinski definition) is 2. The molecule has 0 saturated heterocycles. The molecule has 5 nitrogen and oxygen atoms in total. The zero-order valence-electron chi connectivity index (χ0n) is 11.3. The first-order valence-corrected chi connectivity index (χ1v) is 7.71. The van der Waals surface area contributed by atoms with Crippen molar-refractivity contribution in [2.45, 2.75) is 11.8 Å². The Morgan fingerprint density at radius 1 is 1.24 bits per heavy atom. The summed E-state index contributed by atoms with van der Waals surface area (Å²) < 4.78 is 45.5. The van der Waals surface area contributed by atoms with Gasteiger partial charge in [0.1, 0.15) is 16.5 Å². The average Bonchev–Trinajstić information content (AvgIpc) is 2.40. The Labute approximate surface area is 122 Å². The molecule has 112 valence electrons. The van der Waals surface area contributed by atoms with Crippen molar-refractivity contribution in [3.05, 3.63) is 48.3 Å². The third-order valence-electron chi connectivity index (χ3n) is 2.63. The van der Waals surface area contributed by atoms with Crippen LogP contribution in [0.3, 0.4) is 0 Å². The summed E-state index contributed by atoms with van der Waals surface area (Å²) in [7, 11) is -3.93. The van der Waals surface area contributed by atoms with E-state index in [0.29, 0.717) is 6.61 Å². The fraction of sp³-hybridized carbons (Fsp3) is 0.143. The van der Waals surface area contributed by atoms with Gasteiger partial charge in [-0.15, -0.1) is 0 Å². The number of rotatable bonds is 5. The first kappa shape index (κ1) is 15.1. The Hall–Kier alpha value is -2.28. The van der Waals surface area contributed by atoms with Gasteiger partial charge in [-0.3, -0.25) is 4.72 Å². The van der Waals surface area contributed by atoms with Crippen LogP contribution in [0, 0.1) is 5.82 Å². The fourth-order valence-electron chi connectivity index (χ4n) is 1.77. The van der Waals surface area contributed by atoms with Crippen molar-refractivity contribution < 1.29 is 17.5 Å². The standard InChI is InChI=1S/C14H15FN2O3S/c1-2-20-13-7-6-11(16)9-14(13)21(18,19)17-12-5-3-4-10(15)8-12/h3-9,17H,2,16H2,1H3. The third kappa shape index (κ3) is 3.63. The van der Waals surface area contributed by atoms with E-state index in [4.69, 9.17) is 10.5 Å². The van der Waals surface area contributed by atoms with Crippen molar-refractivity contribution in [3.8, 4) is 5.75 Å². The van der Waals surface area contributed by atoms with Crippen molar-refractivity contribution in [2.75, 3.05) is 17.1 Å². The van der Waals surface area contributed by atoms with Crippen LogP contribution in [0.2, 0.25) is 0 Å². The molecule has 0 heterocycles. The van der Waals surface area contributed by atoms with Crippen molar-refractivity contribution in [3.63, 3.8) is 0 Å². The molecular weight excluding hydrogens is 295 g/mol. The Morgan fingerprint density at radius 3 is 2.67 bits per heavy atom. The maximum absolute atomic E-state index is 13.1. The molecule has 0 spiro atoms. The van der Waals surface area contributed by atoms with E-state index in [-0.39, 0.29) is 22.0 Å². The van der Waals surface area contributed by atoms with Crippen LogP contribution in [0.5, 0.6) is 5.75 Å². The van der Waals surface area contributed by atoms with Crippen LogP contribution >= 0.6 is 0 Å². The largest absolute Gasteiger partial charge is 0.492 e. The molecule has 0 bridgehead atoms. The van der Waals surface area contributed by atoms with E-state index < -0.39 is 15.8 Å². The number of ether oxygens (including phenoxy) is 1. The first-order chi connectivity index (χ1) is 9.92. The minimum Gasteiger partial charge on any atom is -0.492 e. The van der Waals surface area contributed by atoms with E-state index in [2.05, 4.69) is 4.72 Å². The number of nitrogen functional groups attached to an aromatic ring is 1. The highest BCUT2D eigenvalue weighted by Gasteiger charge is 2.20. The van der Waals surface area contributed by atoms with E-state index in [1.54, 1.807) is 13.0 Å². The number of sulfonamides is 1. The third-order valence-corrected chi connectivity index (χ3v) is 4.04. The molecule has 2 aromatic rings. The van der Waals surface area contributed by atoms with E-state index in [1.807, 2.05) is 0 Å². The minimum atomic E-state index is -3.93. The van der Waals surface area contributed by atoms with Gasteiger partial charge in [-0.2, -0.15) is 0 Å². The maximum Gasteiger partial charge on any atom is 0.265 e. The van der Waals surface area contributed by atoms with Crippen molar-refractivity contribution in [1.82, 2.24) is 0 Å². The first-order valence-electron chi connectivity index (χ1n) is 6.23. The molecule has 0 saturated carbocycles. The summed E-state index contributed by atoms with van der Waals surface area (Å²) in [6.07, 6.45) is 0. The van der Waals surface area contributed by atoms with E-state index in [0.717, 1.165) is 6.07 Å². The van der Waals surface area contributed by atoms with Gasteiger partial charge in [0.25, 0.3) is 10.0 Å². The van der Waals surface area contributed by atoms with Gasteiger partial charge in [-0.1, -0.05) is 6.07 Å². The Kier molecular flexibility index (Phi) is 4.32. The molecule has 2 aromatic carbocycles. The monoisotopic (exact) mass is 310 g/mol. The number of benzene rings is 2. The summed E-state index contributed by atoms with van der Waals surface area (Å²) in [5.41, 5.74) is 6.04. The molecule has 0 aromatic heterocycles. The van der Waals surface area contributed by atoms with Crippen LogP contribution in [0.4, 0.5) is 15.8 Å². The molecule has 0 unspecified atom stereocenters. The predicted molar refractivity (Wildman–Crippen MR) is 79.2 cm³/mol. The van der Waals surface area contributed by atoms with E-state index in [1.165, 1.54) is 30.3 Å². The molecule has 21 heavy (non-hydrogen) atoms. The lowest BCUT2D eigenvalue weighted by Crippen LogP contribution is -2.15. The second-order valence-corrected chi connectivity index (χ2v) is 5.91. The van der Waals surface area contributed by atoms with Gasteiger partial charge in [0.15, 0.2) is 0 Å². The zero-order valence-corrected chi connectivity index (χ0v) is 12.2. The van der Waals surface area contributed by atoms with Gasteiger partial charge in [0.05, 0.1) is 12.3 Å². The number of anilines is 2. The van der Waals surface area contributed by atoms with Gasteiger partial charge < -0.3 is 10.5 Å². The number of hydrogen-bond acceptors (Lipinski definition) is 4. The molecule has 0 aliphatic carbocycles. The molecule has 0 aliphatic heterocycles. The summed E-state index contributed by atoms with van der Waals surface area (Å²) in [4.78, 5) is -0.0892. The predicted octanol–water partition coefficient (Wildman–Crippen LogP) is 2.61. The molecule has 0 fully saturated rings. The van der Waals surface area contributed by atoms with Crippen LogP contribution < -0.4 is 15.2 Å².